The molecule has 14 atom stereocenters. The first-order valence-corrected chi connectivity index (χ1v) is 10.00. The van der Waals surface area contributed by atoms with Crippen LogP contribution in [0.5, 0.6) is 0 Å². The molecule has 32 heavy (non-hydrogen) atoms. The Balaban J connectivity index is 1.81. The second kappa shape index (κ2) is 10.8. The van der Waals surface area contributed by atoms with Crippen LogP contribution in [0.1, 0.15) is 0 Å². The Morgan fingerprint density at radius 1 is 0.594 bits per heavy atom. The lowest BCUT2D eigenvalue weighted by atomic mass is 9.96. The maximum absolute atomic E-state index is 10.5. The first-order valence-electron chi connectivity index (χ1n) is 10.00. The molecule has 0 aromatic carbocycles. The molecule has 0 aliphatic carbocycles. The first-order chi connectivity index (χ1) is 15.1. The Bertz CT molecular complexity index is 594. The summed E-state index contributed by atoms with van der Waals surface area (Å²) < 4.78 is 26.6. The highest BCUT2D eigenvalue weighted by Crippen LogP contribution is 2.31. The molecule has 3 aliphatic heterocycles. The van der Waals surface area contributed by atoms with Gasteiger partial charge in [-0.1, -0.05) is 0 Å². The molecule has 3 aliphatic rings. The van der Waals surface area contributed by atoms with Crippen LogP contribution in [-0.2, 0) is 23.7 Å². The first kappa shape index (κ1) is 26.0. The van der Waals surface area contributed by atoms with E-state index in [-0.39, 0.29) is 0 Å². The van der Waals surface area contributed by atoms with Gasteiger partial charge in [-0.05, 0) is 0 Å². The molecule has 3 saturated heterocycles. The van der Waals surface area contributed by atoms with Crippen molar-refractivity contribution in [1.29, 1.82) is 0 Å². The highest BCUT2D eigenvalue weighted by molar-refractivity contribution is 4.95. The van der Waals surface area contributed by atoms with Crippen LogP contribution in [0.4, 0.5) is 0 Å². The van der Waals surface area contributed by atoms with E-state index < -0.39 is 106 Å². The van der Waals surface area contributed by atoms with Crippen LogP contribution < -0.4 is 0 Å². The van der Waals surface area contributed by atoms with Crippen molar-refractivity contribution in [1.82, 2.24) is 0 Å². The van der Waals surface area contributed by atoms with Crippen LogP contribution in [0.25, 0.3) is 0 Å². The molecule has 0 bridgehead atoms. The minimum Gasteiger partial charge on any atom is -0.394 e. The number of aliphatic hydroxyl groups is 10. The Hall–Kier alpha value is -0.600. The quantitative estimate of drug-likeness (QED) is 0.172. The van der Waals surface area contributed by atoms with Gasteiger partial charge in [-0.15, -0.1) is 0 Å². The molecule has 3 heterocycles. The molecule has 3 fully saturated rings. The highest BCUT2D eigenvalue weighted by atomic mass is 16.8. The molecule has 0 saturated carbocycles. The van der Waals surface area contributed by atoms with Gasteiger partial charge < -0.3 is 74.7 Å². The summed E-state index contributed by atoms with van der Waals surface area (Å²) in [7, 11) is 0. The molecular formula is C17H30O15. The van der Waals surface area contributed by atoms with E-state index in [1.807, 2.05) is 0 Å². The van der Waals surface area contributed by atoms with Gasteiger partial charge in [-0.2, -0.15) is 0 Å². The second-order valence-electron chi connectivity index (χ2n) is 7.89. The average Bonchev–Trinajstić information content (AvgIpc) is 2.78. The normalized spacial score (nSPS) is 52.7. The molecule has 15 nitrogen and oxygen atoms in total. The van der Waals surface area contributed by atoms with Crippen LogP contribution in [-0.4, -0.2) is 157 Å². The van der Waals surface area contributed by atoms with Crippen LogP contribution in [0.3, 0.4) is 0 Å². The number of hydrogen-bond acceptors (Lipinski definition) is 15. The van der Waals surface area contributed by atoms with Crippen molar-refractivity contribution in [2.24, 2.45) is 0 Å². The summed E-state index contributed by atoms with van der Waals surface area (Å²) in [6.45, 7) is -1.94. The van der Waals surface area contributed by atoms with Crippen LogP contribution in [0, 0.1) is 0 Å². The maximum Gasteiger partial charge on any atom is 0.187 e. The fourth-order valence-corrected chi connectivity index (χ4v) is 3.75. The third kappa shape index (κ3) is 5.07. The summed E-state index contributed by atoms with van der Waals surface area (Å²) in [5.74, 6) is 0. The van der Waals surface area contributed by atoms with Gasteiger partial charge in [0.05, 0.1) is 19.8 Å². The van der Waals surface area contributed by atoms with Crippen molar-refractivity contribution in [3.8, 4) is 0 Å². The standard InChI is InChI=1S/C17H30O15/c18-1-5-8(22)9(23)14(32-16-12(26)7(21)4(20)3-28-16)17(30-5)31-13-6(2-19)29-15(27)11(25)10(13)24/h4-27H,1-3H2/t4-,5-,6-,7+,8-,9+,10-,11-,12-,13-,14+,15?,16+,17+/m1/s1. The number of aliphatic hydroxyl groups excluding tert-OH is 10. The molecule has 0 aromatic rings. The minimum absolute atomic E-state index is 0.425. The van der Waals surface area contributed by atoms with Crippen LogP contribution in [0.2, 0.25) is 0 Å². The maximum atomic E-state index is 10.5. The molecule has 0 amide bonds. The lowest BCUT2D eigenvalue weighted by molar-refractivity contribution is -0.381. The zero-order valence-corrected chi connectivity index (χ0v) is 16.7. The summed E-state index contributed by atoms with van der Waals surface area (Å²) >= 11 is 0. The van der Waals surface area contributed by atoms with Gasteiger partial charge in [0.1, 0.15) is 67.1 Å². The SMILES string of the molecule is OC[C@H]1O[C@@H](O[C@H]2[C@H](O)[C@@H](O)C(O)O[C@@H]2CO)[C@@H](O[C@@H]2OC[C@@H](O)[C@H](O)[C@H]2O)[C@@H](O)[C@@H]1O. The Morgan fingerprint density at radius 3 is 1.81 bits per heavy atom. The average molecular weight is 474 g/mol. The summed E-state index contributed by atoms with van der Waals surface area (Å²) in [6.07, 6.45) is -22.9. The Morgan fingerprint density at radius 2 is 1.19 bits per heavy atom. The fourth-order valence-electron chi connectivity index (χ4n) is 3.75. The fraction of sp³-hybridized carbons (Fsp3) is 1.00. The summed E-state index contributed by atoms with van der Waals surface area (Å²) in [5, 5.41) is 99.0. The van der Waals surface area contributed by atoms with E-state index in [4.69, 9.17) is 23.7 Å². The molecule has 188 valence electrons. The zero-order chi connectivity index (χ0) is 23.7. The predicted octanol–water partition coefficient (Wildman–Crippen LogP) is -6.93. The highest BCUT2D eigenvalue weighted by Gasteiger charge is 2.52. The van der Waals surface area contributed by atoms with Crippen molar-refractivity contribution < 1.29 is 74.7 Å². The molecule has 10 N–H and O–H groups in total. The van der Waals surface area contributed by atoms with Gasteiger partial charge in [0.2, 0.25) is 0 Å². The van der Waals surface area contributed by atoms with Crippen LogP contribution in [0.15, 0.2) is 0 Å². The van der Waals surface area contributed by atoms with E-state index in [0.29, 0.717) is 0 Å². The largest absolute Gasteiger partial charge is 0.394 e. The van der Waals surface area contributed by atoms with E-state index in [1.54, 1.807) is 0 Å². The smallest absolute Gasteiger partial charge is 0.187 e. The van der Waals surface area contributed by atoms with Gasteiger partial charge in [-0.25, -0.2) is 0 Å². The van der Waals surface area contributed by atoms with Gasteiger partial charge in [-0.3, -0.25) is 0 Å². The monoisotopic (exact) mass is 474 g/mol. The molecular weight excluding hydrogens is 444 g/mol. The lowest BCUT2D eigenvalue weighted by Crippen LogP contribution is -2.66. The number of rotatable bonds is 6. The molecule has 15 heteroatoms. The molecule has 0 aromatic heterocycles. The van der Waals surface area contributed by atoms with Gasteiger partial charge in [0.25, 0.3) is 0 Å². The molecule has 0 radical (unpaired) electrons. The predicted molar refractivity (Wildman–Crippen MR) is 95.2 cm³/mol. The Kier molecular flexibility index (Phi) is 8.75. The third-order valence-electron chi connectivity index (χ3n) is 5.70. The summed E-state index contributed by atoms with van der Waals surface area (Å²) in [4.78, 5) is 0. The van der Waals surface area contributed by atoms with Crippen molar-refractivity contribution in [3.05, 3.63) is 0 Å². The van der Waals surface area contributed by atoms with Gasteiger partial charge in [0.15, 0.2) is 18.9 Å². The molecule has 3 rings (SSSR count). The van der Waals surface area contributed by atoms with Crippen molar-refractivity contribution in [3.63, 3.8) is 0 Å². The molecule has 1 unspecified atom stereocenters. The number of ether oxygens (including phenoxy) is 5. The summed E-state index contributed by atoms with van der Waals surface area (Å²) in [6, 6.07) is 0. The third-order valence-corrected chi connectivity index (χ3v) is 5.70. The van der Waals surface area contributed by atoms with E-state index in [2.05, 4.69) is 0 Å². The van der Waals surface area contributed by atoms with E-state index in [9.17, 15) is 51.1 Å². The van der Waals surface area contributed by atoms with Crippen molar-refractivity contribution in [2.75, 3.05) is 19.8 Å². The Labute approximate surface area is 181 Å². The van der Waals surface area contributed by atoms with Crippen molar-refractivity contribution >= 4 is 0 Å². The van der Waals surface area contributed by atoms with Crippen molar-refractivity contribution in [2.45, 2.75) is 86.0 Å². The minimum atomic E-state index is -1.82. The topological polar surface area (TPSA) is 248 Å². The van der Waals surface area contributed by atoms with Crippen LogP contribution >= 0.6 is 0 Å². The van der Waals surface area contributed by atoms with E-state index >= 15 is 0 Å². The number of hydrogen-bond donors (Lipinski definition) is 10. The van der Waals surface area contributed by atoms with Gasteiger partial charge >= 0.3 is 0 Å². The van der Waals surface area contributed by atoms with E-state index in [0.717, 1.165) is 0 Å². The van der Waals surface area contributed by atoms with E-state index in [1.165, 1.54) is 0 Å². The zero-order valence-electron chi connectivity index (χ0n) is 16.7. The molecule has 0 spiro atoms. The van der Waals surface area contributed by atoms with Gasteiger partial charge in [0, 0.05) is 0 Å². The lowest BCUT2D eigenvalue weighted by Gasteiger charge is -2.47. The summed E-state index contributed by atoms with van der Waals surface area (Å²) in [5.41, 5.74) is 0. The second-order valence-corrected chi connectivity index (χ2v) is 7.89.